The predicted octanol–water partition coefficient (Wildman–Crippen LogP) is 2.59. The zero-order valence-corrected chi connectivity index (χ0v) is 18.9. The van der Waals surface area contributed by atoms with E-state index in [4.69, 9.17) is 4.74 Å². The number of methoxy groups -OCH3 is 1. The van der Waals surface area contributed by atoms with Gasteiger partial charge in [-0.15, -0.1) is 0 Å². The molecule has 9 nitrogen and oxygen atoms in total. The number of pyridine rings is 1. The van der Waals surface area contributed by atoms with Gasteiger partial charge in [0.05, 0.1) is 23.7 Å². The van der Waals surface area contributed by atoms with Gasteiger partial charge in [-0.3, -0.25) is 9.59 Å². The van der Waals surface area contributed by atoms with E-state index in [0.29, 0.717) is 17.1 Å². The monoisotopic (exact) mass is 458 g/mol. The molecular formula is C25H22N4O5. The summed E-state index contributed by atoms with van der Waals surface area (Å²) in [5.74, 6) is -1.32. The highest BCUT2D eigenvalue weighted by molar-refractivity contribution is 6.02. The minimum atomic E-state index is -0.806. The molecule has 9 heteroatoms. The summed E-state index contributed by atoms with van der Waals surface area (Å²) in [6.45, 7) is 3.01. The quantitative estimate of drug-likeness (QED) is 0.460. The lowest BCUT2D eigenvalue weighted by Crippen LogP contribution is -2.43. The van der Waals surface area contributed by atoms with Crippen LogP contribution in [-0.4, -0.2) is 33.1 Å². The second-order valence-electron chi connectivity index (χ2n) is 7.76. The number of para-hydroxylation sites is 1. The van der Waals surface area contributed by atoms with Crippen molar-refractivity contribution in [2.45, 2.75) is 20.4 Å². The number of ether oxygens (including phenoxy) is 1. The van der Waals surface area contributed by atoms with Gasteiger partial charge in [0.1, 0.15) is 6.54 Å². The van der Waals surface area contributed by atoms with E-state index in [9.17, 15) is 19.2 Å². The number of benzene rings is 2. The van der Waals surface area contributed by atoms with Crippen molar-refractivity contribution in [2.24, 2.45) is 0 Å². The fourth-order valence-corrected chi connectivity index (χ4v) is 3.66. The van der Waals surface area contributed by atoms with Crippen LogP contribution in [0.1, 0.15) is 21.6 Å². The minimum Gasteiger partial charge on any atom is -0.465 e. The fourth-order valence-electron chi connectivity index (χ4n) is 3.66. The molecule has 0 fully saturated rings. The Kier molecular flexibility index (Phi) is 6.09. The Balaban J connectivity index is 1.95. The zero-order valence-electron chi connectivity index (χ0n) is 18.9. The number of aromatic nitrogens is 3. The number of anilines is 1. The maximum atomic E-state index is 13.5. The van der Waals surface area contributed by atoms with Crippen LogP contribution in [0.4, 0.5) is 5.69 Å². The summed E-state index contributed by atoms with van der Waals surface area (Å²) < 4.78 is 6.87. The Morgan fingerprint density at radius 3 is 2.32 bits per heavy atom. The number of nitrogens with zero attached hydrogens (tertiary/aromatic N) is 3. The molecule has 172 valence electrons. The third-order valence-corrected chi connectivity index (χ3v) is 5.28. The summed E-state index contributed by atoms with van der Waals surface area (Å²) >= 11 is 0. The molecule has 0 radical (unpaired) electrons. The summed E-state index contributed by atoms with van der Waals surface area (Å²) in [6, 6.07) is 17.1. The summed E-state index contributed by atoms with van der Waals surface area (Å²) in [6.07, 6.45) is 0. The maximum Gasteiger partial charge on any atom is 0.338 e. The van der Waals surface area contributed by atoms with Gasteiger partial charge < -0.3 is 10.1 Å². The lowest BCUT2D eigenvalue weighted by molar-refractivity contribution is -0.116. The third-order valence-electron chi connectivity index (χ3n) is 5.28. The molecule has 0 unspecified atom stereocenters. The normalized spacial score (nSPS) is 10.8. The highest BCUT2D eigenvalue weighted by Crippen LogP contribution is 2.18. The van der Waals surface area contributed by atoms with Crippen molar-refractivity contribution in [1.82, 2.24) is 14.1 Å². The molecule has 2 heterocycles. The van der Waals surface area contributed by atoms with Crippen molar-refractivity contribution < 1.29 is 14.3 Å². The van der Waals surface area contributed by atoms with Gasteiger partial charge in [-0.1, -0.05) is 35.9 Å². The van der Waals surface area contributed by atoms with E-state index in [1.54, 1.807) is 49.4 Å². The van der Waals surface area contributed by atoms with Crippen molar-refractivity contribution >= 4 is 28.6 Å². The second kappa shape index (κ2) is 9.14. The smallest absolute Gasteiger partial charge is 0.338 e. The summed E-state index contributed by atoms with van der Waals surface area (Å²) in [4.78, 5) is 56.6. The summed E-state index contributed by atoms with van der Waals surface area (Å²) in [7, 11) is 1.20. The number of carbonyl (C=O) groups is 2. The van der Waals surface area contributed by atoms with E-state index >= 15 is 0 Å². The molecule has 0 saturated heterocycles. The maximum absolute atomic E-state index is 13.5. The molecule has 0 aliphatic heterocycles. The highest BCUT2D eigenvalue weighted by Gasteiger charge is 2.23. The molecule has 0 saturated carbocycles. The Bertz CT molecular complexity index is 1520. The van der Waals surface area contributed by atoms with Gasteiger partial charge in [0.15, 0.2) is 5.65 Å². The first kappa shape index (κ1) is 22.7. The van der Waals surface area contributed by atoms with Gasteiger partial charge in [-0.25, -0.2) is 23.7 Å². The van der Waals surface area contributed by atoms with Crippen LogP contribution in [0.2, 0.25) is 0 Å². The molecule has 0 bridgehead atoms. The first-order chi connectivity index (χ1) is 16.3. The molecule has 0 aliphatic rings. The molecular weight excluding hydrogens is 436 g/mol. The first-order valence-electron chi connectivity index (χ1n) is 10.5. The molecule has 2 aromatic heterocycles. The number of rotatable bonds is 5. The van der Waals surface area contributed by atoms with Gasteiger partial charge >= 0.3 is 11.7 Å². The Labute approximate surface area is 194 Å². The molecule has 0 atom stereocenters. The van der Waals surface area contributed by atoms with E-state index in [0.717, 1.165) is 10.1 Å². The number of hydrogen-bond acceptors (Lipinski definition) is 6. The second-order valence-corrected chi connectivity index (χ2v) is 7.76. The van der Waals surface area contributed by atoms with Crippen LogP contribution in [0, 0.1) is 13.8 Å². The lowest BCUT2D eigenvalue weighted by Gasteiger charge is -2.15. The van der Waals surface area contributed by atoms with Gasteiger partial charge in [0.2, 0.25) is 5.91 Å². The number of aryl methyl sites for hydroxylation is 2. The van der Waals surface area contributed by atoms with Crippen molar-refractivity contribution in [3.8, 4) is 5.69 Å². The van der Waals surface area contributed by atoms with Crippen molar-refractivity contribution in [1.29, 1.82) is 0 Å². The fraction of sp³-hybridized carbons (Fsp3) is 0.160. The van der Waals surface area contributed by atoms with Gasteiger partial charge in [0, 0.05) is 11.4 Å². The van der Waals surface area contributed by atoms with Crippen LogP contribution >= 0.6 is 0 Å². The highest BCUT2D eigenvalue weighted by atomic mass is 16.5. The van der Waals surface area contributed by atoms with Crippen LogP contribution in [0.15, 0.2) is 70.3 Å². The van der Waals surface area contributed by atoms with E-state index in [1.165, 1.54) is 17.7 Å². The van der Waals surface area contributed by atoms with E-state index < -0.39 is 29.7 Å². The van der Waals surface area contributed by atoms with Crippen LogP contribution in [0.25, 0.3) is 16.7 Å². The molecule has 0 spiro atoms. The average molecular weight is 458 g/mol. The van der Waals surface area contributed by atoms with Crippen LogP contribution < -0.4 is 16.6 Å². The minimum absolute atomic E-state index is 0.0109. The lowest BCUT2D eigenvalue weighted by atomic mass is 10.1. The largest absolute Gasteiger partial charge is 0.465 e. The number of fused-ring (bicyclic) bond motifs is 1. The van der Waals surface area contributed by atoms with Crippen molar-refractivity contribution in [2.75, 3.05) is 12.4 Å². The number of carbonyl (C=O) groups excluding carboxylic acids is 2. The van der Waals surface area contributed by atoms with Crippen LogP contribution in [-0.2, 0) is 16.1 Å². The first-order valence-corrected chi connectivity index (χ1v) is 10.5. The van der Waals surface area contributed by atoms with Crippen molar-refractivity contribution in [3.05, 3.63) is 98.3 Å². The molecule has 4 aromatic rings. The number of esters is 1. The molecule has 1 amide bonds. The summed E-state index contributed by atoms with van der Waals surface area (Å²) in [5.41, 5.74) is 0.818. The van der Waals surface area contributed by atoms with E-state index in [-0.39, 0.29) is 16.6 Å². The SMILES string of the molecule is COC(=O)c1cc(C)nc2c1c(=O)n(CC(=O)Nc1ccc(C)cc1)c(=O)n2-c1ccccc1. The predicted molar refractivity (Wildman–Crippen MR) is 127 cm³/mol. The standard InChI is InChI=1S/C25H22N4O5/c1-15-9-11-17(12-10-15)27-20(30)14-28-23(31)21-19(24(32)34-3)13-16(2)26-22(21)29(25(28)33)18-7-5-4-6-8-18/h4-13H,14H2,1-3H3,(H,27,30). The van der Waals surface area contributed by atoms with Gasteiger partial charge in [-0.05, 0) is 44.2 Å². The zero-order chi connectivity index (χ0) is 24.4. The van der Waals surface area contributed by atoms with Crippen LogP contribution in [0.3, 0.4) is 0 Å². The Hall–Kier alpha value is -4.53. The summed E-state index contributed by atoms with van der Waals surface area (Å²) in [5, 5.41) is 2.58. The molecule has 34 heavy (non-hydrogen) atoms. The Morgan fingerprint density at radius 1 is 1.00 bits per heavy atom. The third kappa shape index (κ3) is 4.23. The van der Waals surface area contributed by atoms with Crippen LogP contribution in [0.5, 0.6) is 0 Å². The van der Waals surface area contributed by atoms with E-state index in [1.807, 2.05) is 19.1 Å². The number of amides is 1. The Morgan fingerprint density at radius 2 is 1.68 bits per heavy atom. The van der Waals surface area contributed by atoms with Gasteiger partial charge in [0.25, 0.3) is 5.56 Å². The average Bonchev–Trinajstić information content (AvgIpc) is 2.83. The molecule has 4 rings (SSSR count). The van der Waals surface area contributed by atoms with E-state index in [2.05, 4.69) is 10.3 Å². The number of nitrogens with one attached hydrogen (secondary N) is 1. The molecule has 0 aliphatic carbocycles. The topological polar surface area (TPSA) is 112 Å². The molecule has 2 aromatic carbocycles. The van der Waals surface area contributed by atoms with Gasteiger partial charge in [-0.2, -0.15) is 0 Å². The number of hydrogen-bond donors (Lipinski definition) is 1. The molecule has 1 N–H and O–H groups in total. The van der Waals surface area contributed by atoms with Crippen molar-refractivity contribution in [3.63, 3.8) is 0 Å².